The molecule has 0 fully saturated rings. The Morgan fingerprint density at radius 2 is 1.78 bits per heavy atom. The van der Waals surface area contributed by atoms with Gasteiger partial charge in [-0.15, -0.1) is 0 Å². The van der Waals surface area contributed by atoms with Crippen molar-refractivity contribution in [3.63, 3.8) is 0 Å². The third-order valence-electron chi connectivity index (χ3n) is 2.60. The molecule has 92 valence electrons. The maximum absolute atomic E-state index is 13.6. The Morgan fingerprint density at radius 3 is 2.39 bits per heavy atom. The van der Waals surface area contributed by atoms with Gasteiger partial charge in [0.05, 0.1) is 5.56 Å². The average Bonchev–Trinajstić information content (AvgIpc) is 2.32. The fourth-order valence-electron chi connectivity index (χ4n) is 1.62. The molecule has 0 aliphatic carbocycles. The first-order valence-electron chi connectivity index (χ1n) is 5.25. The molecule has 0 aliphatic heterocycles. The second-order valence-corrected chi connectivity index (χ2v) is 4.35. The Balaban J connectivity index is 2.44. The maximum Gasteiger partial charge on any atom is 0.195 e. The van der Waals surface area contributed by atoms with E-state index in [1.54, 1.807) is 6.92 Å². The van der Waals surface area contributed by atoms with Crippen LogP contribution in [-0.4, -0.2) is 5.78 Å². The van der Waals surface area contributed by atoms with Gasteiger partial charge in [0.15, 0.2) is 5.78 Å². The summed E-state index contributed by atoms with van der Waals surface area (Å²) in [6, 6.07) is 7.75. The van der Waals surface area contributed by atoms with Gasteiger partial charge in [-0.1, -0.05) is 11.6 Å². The average molecular weight is 267 g/mol. The van der Waals surface area contributed by atoms with E-state index in [4.69, 9.17) is 11.6 Å². The number of aryl methyl sites for hydroxylation is 1. The molecular weight excluding hydrogens is 258 g/mol. The quantitative estimate of drug-likeness (QED) is 0.746. The molecule has 0 saturated carbocycles. The Labute approximate surface area is 108 Å². The largest absolute Gasteiger partial charge is 0.288 e. The molecule has 2 rings (SSSR count). The summed E-state index contributed by atoms with van der Waals surface area (Å²) >= 11 is 5.61. The highest BCUT2D eigenvalue weighted by molar-refractivity contribution is 6.30. The van der Waals surface area contributed by atoms with Crippen molar-refractivity contribution in [1.82, 2.24) is 0 Å². The van der Waals surface area contributed by atoms with Crippen LogP contribution in [0.2, 0.25) is 5.02 Å². The van der Waals surface area contributed by atoms with Gasteiger partial charge in [0, 0.05) is 10.6 Å². The Kier molecular flexibility index (Phi) is 3.43. The van der Waals surface area contributed by atoms with Gasteiger partial charge in [0.2, 0.25) is 0 Å². The van der Waals surface area contributed by atoms with Crippen molar-refractivity contribution >= 4 is 17.4 Å². The molecule has 2 aromatic carbocycles. The molecular formula is C14H9ClF2O. The van der Waals surface area contributed by atoms with Crippen LogP contribution in [0.1, 0.15) is 21.5 Å². The van der Waals surface area contributed by atoms with Crippen molar-refractivity contribution in [2.24, 2.45) is 0 Å². The van der Waals surface area contributed by atoms with Crippen molar-refractivity contribution in [3.05, 3.63) is 69.7 Å². The summed E-state index contributed by atoms with van der Waals surface area (Å²) in [6.45, 7) is 1.55. The molecule has 0 saturated heterocycles. The normalized spacial score (nSPS) is 10.4. The molecule has 0 N–H and O–H groups in total. The summed E-state index contributed by atoms with van der Waals surface area (Å²) in [4.78, 5) is 12.0. The Hall–Kier alpha value is -1.74. The van der Waals surface area contributed by atoms with Crippen molar-refractivity contribution in [2.75, 3.05) is 0 Å². The Morgan fingerprint density at radius 1 is 1.06 bits per heavy atom. The van der Waals surface area contributed by atoms with Gasteiger partial charge < -0.3 is 0 Å². The number of carbonyl (C=O) groups is 1. The zero-order valence-corrected chi connectivity index (χ0v) is 10.3. The summed E-state index contributed by atoms with van der Waals surface area (Å²) in [5.41, 5.74) is 0.510. The lowest BCUT2D eigenvalue weighted by Crippen LogP contribution is -2.05. The number of hydrogen-bond donors (Lipinski definition) is 0. The first-order valence-corrected chi connectivity index (χ1v) is 5.63. The van der Waals surface area contributed by atoms with Gasteiger partial charge in [-0.3, -0.25) is 4.79 Å². The first-order chi connectivity index (χ1) is 8.49. The standard InChI is InChI=1S/C14H9ClF2O/c1-8-6-9(2-5-12(8)16)14(18)11-4-3-10(15)7-13(11)17/h2-7H,1H3. The minimum atomic E-state index is -0.686. The zero-order chi connectivity index (χ0) is 13.3. The topological polar surface area (TPSA) is 17.1 Å². The first kappa shape index (κ1) is 12.7. The van der Waals surface area contributed by atoms with E-state index in [2.05, 4.69) is 0 Å². The van der Waals surface area contributed by atoms with E-state index in [0.29, 0.717) is 5.56 Å². The summed E-state index contributed by atoms with van der Waals surface area (Å²) in [5, 5.41) is 0.222. The fraction of sp³-hybridized carbons (Fsp3) is 0.0714. The fourth-order valence-corrected chi connectivity index (χ4v) is 1.77. The third kappa shape index (κ3) is 2.41. The molecule has 0 atom stereocenters. The Bertz CT molecular complexity index is 623. The van der Waals surface area contributed by atoms with Crippen LogP contribution >= 0.6 is 11.6 Å². The third-order valence-corrected chi connectivity index (χ3v) is 2.83. The number of carbonyl (C=O) groups excluding carboxylic acids is 1. The molecule has 2 aromatic rings. The van der Waals surface area contributed by atoms with E-state index in [1.807, 2.05) is 0 Å². The van der Waals surface area contributed by atoms with Crippen molar-refractivity contribution in [2.45, 2.75) is 6.92 Å². The molecule has 0 heterocycles. The molecule has 0 aliphatic rings. The van der Waals surface area contributed by atoms with Crippen LogP contribution in [0.4, 0.5) is 8.78 Å². The minimum absolute atomic E-state index is 0.0783. The van der Waals surface area contributed by atoms with Crippen LogP contribution in [0.15, 0.2) is 36.4 Å². The van der Waals surface area contributed by atoms with Crippen LogP contribution in [0, 0.1) is 18.6 Å². The van der Waals surface area contributed by atoms with E-state index >= 15 is 0 Å². The van der Waals surface area contributed by atoms with E-state index in [1.165, 1.54) is 30.3 Å². The van der Waals surface area contributed by atoms with Gasteiger partial charge in [-0.2, -0.15) is 0 Å². The second kappa shape index (κ2) is 4.86. The number of rotatable bonds is 2. The smallest absolute Gasteiger partial charge is 0.195 e. The highest BCUT2D eigenvalue weighted by Crippen LogP contribution is 2.19. The molecule has 0 unspecified atom stereocenters. The summed E-state index contributed by atoms with van der Waals surface area (Å²) in [6.07, 6.45) is 0. The maximum atomic E-state index is 13.6. The second-order valence-electron chi connectivity index (χ2n) is 3.92. The van der Waals surface area contributed by atoms with Gasteiger partial charge >= 0.3 is 0 Å². The molecule has 0 radical (unpaired) electrons. The van der Waals surface area contributed by atoms with Crippen LogP contribution in [0.5, 0.6) is 0 Å². The SMILES string of the molecule is Cc1cc(C(=O)c2ccc(Cl)cc2F)ccc1F. The van der Waals surface area contributed by atoms with Crippen LogP contribution in [0.25, 0.3) is 0 Å². The lowest BCUT2D eigenvalue weighted by atomic mass is 10.0. The van der Waals surface area contributed by atoms with Crippen molar-refractivity contribution < 1.29 is 13.6 Å². The molecule has 0 amide bonds. The van der Waals surface area contributed by atoms with Crippen molar-refractivity contribution in [1.29, 1.82) is 0 Å². The predicted octanol–water partition coefficient (Wildman–Crippen LogP) is 4.16. The van der Waals surface area contributed by atoms with Crippen LogP contribution in [0.3, 0.4) is 0 Å². The van der Waals surface area contributed by atoms with E-state index in [0.717, 1.165) is 6.07 Å². The summed E-state index contributed by atoms with van der Waals surface area (Å²) in [7, 11) is 0. The summed E-state index contributed by atoms with van der Waals surface area (Å²) in [5.74, 6) is -1.58. The number of ketones is 1. The van der Waals surface area contributed by atoms with Gasteiger partial charge in [0.1, 0.15) is 11.6 Å². The van der Waals surface area contributed by atoms with Crippen molar-refractivity contribution in [3.8, 4) is 0 Å². The predicted molar refractivity (Wildman–Crippen MR) is 66.0 cm³/mol. The van der Waals surface area contributed by atoms with E-state index in [9.17, 15) is 13.6 Å². The lowest BCUT2D eigenvalue weighted by Gasteiger charge is -2.04. The molecule has 4 heteroatoms. The van der Waals surface area contributed by atoms with E-state index < -0.39 is 17.4 Å². The molecule has 18 heavy (non-hydrogen) atoms. The molecule has 0 aromatic heterocycles. The number of benzene rings is 2. The zero-order valence-electron chi connectivity index (χ0n) is 9.51. The monoisotopic (exact) mass is 266 g/mol. The molecule has 0 bridgehead atoms. The minimum Gasteiger partial charge on any atom is -0.288 e. The molecule has 0 spiro atoms. The number of halogens is 3. The van der Waals surface area contributed by atoms with Crippen LogP contribution < -0.4 is 0 Å². The lowest BCUT2D eigenvalue weighted by molar-refractivity contribution is 0.103. The van der Waals surface area contributed by atoms with Gasteiger partial charge in [-0.25, -0.2) is 8.78 Å². The molecule has 1 nitrogen and oxygen atoms in total. The van der Waals surface area contributed by atoms with Crippen LogP contribution in [-0.2, 0) is 0 Å². The van der Waals surface area contributed by atoms with E-state index in [-0.39, 0.29) is 16.1 Å². The number of hydrogen-bond acceptors (Lipinski definition) is 1. The van der Waals surface area contributed by atoms with Gasteiger partial charge in [-0.05, 0) is 48.9 Å². The summed E-state index contributed by atoms with van der Waals surface area (Å²) < 4.78 is 26.7. The highest BCUT2D eigenvalue weighted by atomic mass is 35.5. The van der Waals surface area contributed by atoms with Gasteiger partial charge in [0.25, 0.3) is 0 Å². The highest BCUT2D eigenvalue weighted by Gasteiger charge is 2.15.